The van der Waals surface area contributed by atoms with Crippen LogP contribution < -0.4 is 5.14 Å². The van der Waals surface area contributed by atoms with Gasteiger partial charge < -0.3 is 10.0 Å². The Morgan fingerprint density at radius 2 is 2.24 bits per heavy atom. The molecule has 0 radical (unpaired) electrons. The predicted molar refractivity (Wildman–Crippen MR) is 66.2 cm³/mol. The van der Waals surface area contributed by atoms with E-state index in [1.807, 2.05) is 19.0 Å². The highest BCUT2D eigenvalue weighted by Crippen LogP contribution is 2.25. The zero-order valence-corrected chi connectivity index (χ0v) is 11.5. The molecule has 1 aromatic rings. The van der Waals surface area contributed by atoms with Gasteiger partial charge in [-0.3, -0.25) is 0 Å². The van der Waals surface area contributed by atoms with Crippen molar-refractivity contribution in [2.24, 2.45) is 5.14 Å². The molecule has 0 aromatic carbocycles. The summed E-state index contributed by atoms with van der Waals surface area (Å²) in [6, 6.07) is 0. The second kappa shape index (κ2) is 5.87. The molecule has 0 bridgehead atoms. The Kier molecular flexibility index (Phi) is 5.02. The molecule has 8 heteroatoms. The molecule has 1 aromatic heterocycles. The Labute approximate surface area is 105 Å². The Hall–Kier alpha value is -0.540. The fraction of sp³-hybridized carbons (Fsp3) is 0.667. The summed E-state index contributed by atoms with van der Waals surface area (Å²) >= 11 is 0.919. The van der Waals surface area contributed by atoms with Crippen molar-refractivity contribution in [3.8, 4) is 0 Å². The maximum Gasteiger partial charge on any atom is 0.249 e. The summed E-state index contributed by atoms with van der Waals surface area (Å²) in [6.07, 6.45) is 1.83. The molecule has 0 aliphatic heterocycles. The van der Waals surface area contributed by atoms with Crippen molar-refractivity contribution in [1.82, 2.24) is 9.88 Å². The van der Waals surface area contributed by atoms with Gasteiger partial charge >= 0.3 is 0 Å². The smallest absolute Gasteiger partial charge is 0.249 e. The van der Waals surface area contributed by atoms with Crippen molar-refractivity contribution < 1.29 is 13.5 Å². The molecule has 0 spiro atoms. The molecule has 6 nitrogen and oxygen atoms in total. The van der Waals surface area contributed by atoms with E-state index in [-0.39, 0.29) is 4.21 Å². The van der Waals surface area contributed by atoms with E-state index >= 15 is 0 Å². The van der Waals surface area contributed by atoms with Gasteiger partial charge in [-0.15, -0.1) is 11.3 Å². The third kappa shape index (κ3) is 4.68. The summed E-state index contributed by atoms with van der Waals surface area (Å²) < 4.78 is 22.0. The van der Waals surface area contributed by atoms with E-state index in [1.165, 1.54) is 6.20 Å². The van der Waals surface area contributed by atoms with Gasteiger partial charge in [0.05, 0.1) is 6.20 Å². The van der Waals surface area contributed by atoms with E-state index in [2.05, 4.69) is 4.98 Å². The highest BCUT2D eigenvalue weighted by Gasteiger charge is 2.17. The molecule has 98 valence electrons. The highest BCUT2D eigenvalue weighted by molar-refractivity contribution is 7.91. The van der Waals surface area contributed by atoms with E-state index < -0.39 is 16.1 Å². The molecule has 0 saturated heterocycles. The molecule has 0 aliphatic carbocycles. The fourth-order valence-electron chi connectivity index (χ4n) is 1.28. The topological polar surface area (TPSA) is 96.5 Å². The Balaban J connectivity index is 2.58. The summed E-state index contributed by atoms with van der Waals surface area (Å²) in [4.78, 5) is 5.89. The van der Waals surface area contributed by atoms with E-state index in [9.17, 15) is 13.5 Å². The predicted octanol–water partition coefficient (Wildman–Crippen LogP) is 0.166. The zero-order valence-electron chi connectivity index (χ0n) is 9.83. The van der Waals surface area contributed by atoms with Crippen LogP contribution in [0.3, 0.4) is 0 Å². The van der Waals surface area contributed by atoms with Gasteiger partial charge in [-0.2, -0.15) is 0 Å². The van der Waals surface area contributed by atoms with E-state index in [1.54, 1.807) is 0 Å². The van der Waals surface area contributed by atoms with Crippen molar-refractivity contribution in [2.45, 2.75) is 23.2 Å². The van der Waals surface area contributed by atoms with Crippen molar-refractivity contribution >= 4 is 21.4 Å². The largest absolute Gasteiger partial charge is 0.386 e. The van der Waals surface area contributed by atoms with Crippen LogP contribution in [0.2, 0.25) is 0 Å². The molecule has 3 N–H and O–H groups in total. The number of rotatable bonds is 6. The average molecular weight is 279 g/mol. The molecule has 0 fully saturated rings. The van der Waals surface area contributed by atoms with Gasteiger partial charge in [0, 0.05) is 0 Å². The second-order valence-corrected chi connectivity index (χ2v) is 6.87. The van der Waals surface area contributed by atoms with Gasteiger partial charge in [0.15, 0.2) is 4.21 Å². The first-order valence-electron chi connectivity index (χ1n) is 5.12. The molecule has 1 heterocycles. The third-order valence-corrected chi connectivity index (χ3v) is 4.66. The normalized spacial score (nSPS) is 14.2. The van der Waals surface area contributed by atoms with Crippen LogP contribution in [0.15, 0.2) is 10.4 Å². The van der Waals surface area contributed by atoms with Crippen LogP contribution >= 0.6 is 11.3 Å². The highest BCUT2D eigenvalue weighted by atomic mass is 32.2. The molecule has 1 unspecified atom stereocenters. The third-order valence-electron chi connectivity index (χ3n) is 2.15. The van der Waals surface area contributed by atoms with E-state index in [0.717, 1.165) is 24.3 Å². The van der Waals surface area contributed by atoms with Crippen molar-refractivity contribution in [3.63, 3.8) is 0 Å². The molecule has 0 saturated carbocycles. The minimum absolute atomic E-state index is 0.0147. The first-order valence-corrected chi connectivity index (χ1v) is 7.48. The van der Waals surface area contributed by atoms with Gasteiger partial charge in [0.2, 0.25) is 10.0 Å². The molecule has 0 amide bonds. The lowest BCUT2D eigenvalue weighted by Crippen LogP contribution is -2.13. The van der Waals surface area contributed by atoms with Gasteiger partial charge in [-0.05, 0) is 33.5 Å². The van der Waals surface area contributed by atoms with Crippen LogP contribution in [0, 0.1) is 0 Å². The quantitative estimate of drug-likeness (QED) is 0.773. The van der Waals surface area contributed by atoms with Crippen molar-refractivity contribution in [3.05, 3.63) is 11.2 Å². The summed E-state index contributed by atoms with van der Waals surface area (Å²) in [5.41, 5.74) is 0. The van der Waals surface area contributed by atoms with E-state index in [0.29, 0.717) is 11.4 Å². The number of aliphatic hydroxyl groups is 1. The fourth-order valence-corrected chi connectivity index (χ4v) is 2.87. The number of nitrogens with two attached hydrogens (primary N) is 1. The maximum absolute atomic E-state index is 11.0. The molecule has 1 atom stereocenters. The number of hydrogen-bond donors (Lipinski definition) is 2. The van der Waals surface area contributed by atoms with Gasteiger partial charge in [0.25, 0.3) is 0 Å². The Morgan fingerprint density at radius 3 is 2.71 bits per heavy atom. The van der Waals surface area contributed by atoms with Crippen LogP contribution in [0.5, 0.6) is 0 Å². The van der Waals surface area contributed by atoms with Crippen LogP contribution in [0.4, 0.5) is 0 Å². The van der Waals surface area contributed by atoms with Gasteiger partial charge in [-0.25, -0.2) is 18.5 Å². The van der Waals surface area contributed by atoms with Gasteiger partial charge in [0.1, 0.15) is 11.1 Å². The minimum atomic E-state index is -3.71. The summed E-state index contributed by atoms with van der Waals surface area (Å²) in [6.45, 7) is 0.866. The van der Waals surface area contributed by atoms with Crippen molar-refractivity contribution in [2.75, 3.05) is 20.6 Å². The standard InChI is InChI=1S/C9H17N3O3S2/c1-12(2)5-3-4-7(13)9-11-6-8(16-9)17(10,14)15/h6-7,13H,3-5H2,1-2H3,(H2,10,14,15). The summed E-state index contributed by atoms with van der Waals surface area (Å²) in [7, 11) is 0.194. The Morgan fingerprint density at radius 1 is 1.59 bits per heavy atom. The molecule has 0 aliphatic rings. The molecular weight excluding hydrogens is 262 g/mol. The first-order chi connectivity index (χ1) is 7.80. The number of primary sulfonamides is 1. The molecule has 17 heavy (non-hydrogen) atoms. The van der Waals surface area contributed by atoms with Crippen molar-refractivity contribution in [1.29, 1.82) is 0 Å². The number of sulfonamides is 1. The van der Waals surface area contributed by atoms with Crippen LogP contribution in [-0.4, -0.2) is 44.0 Å². The summed E-state index contributed by atoms with van der Waals surface area (Å²) in [5.74, 6) is 0. The lowest BCUT2D eigenvalue weighted by atomic mass is 10.2. The Bertz CT molecular complexity index is 456. The van der Waals surface area contributed by atoms with E-state index in [4.69, 9.17) is 5.14 Å². The van der Waals surface area contributed by atoms with Crippen LogP contribution in [0.25, 0.3) is 0 Å². The summed E-state index contributed by atoms with van der Waals surface area (Å²) in [5, 5.41) is 15.2. The molecule has 1 rings (SSSR count). The number of aromatic nitrogens is 1. The van der Waals surface area contributed by atoms with Crippen LogP contribution in [0.1, 0.15) is 24.0 Å². The first kappa shape index (κ1) is 14.5. The van der Waals surface area contributed by atoms with Gasteiger partial charge in [-0.1, -0.05) is 0 Å². The second-order valence-electron chi connectivity index (χ2n) is 4.02. The zero-order chi connectivity index (χ0) is 13.1. The van der Waals surface area contributed by atoms with Crippen LogP contribution in [-0.2, 0) is 10.0 Å². The lowest BCUT2D eigenvalue weighted by molar-refractivity contribution is 0.160. The lowest BCUT2D eigenvalue weighted by Gasteiger charge is -2.11. The number of nitrogens with zero attached hydrogens (tertiary/aromatic N) is 2. The monoisotopic (exact) mass is 279 g/mol. The number of hydrogen-bond acceptors (Lipinski definition) is 6. The SMILES string of the molecule is CN(C)CCCC(O)c1ncc(S(N)(=O)=O)s1. The number of thiazole rings is 1. The molecular formula is C9H17N3O3S2. The number of aliphatic hydroxyl groups excluding tert-OH is 1. The maximum atomic E-state index is 11.0. The minimum Gasteiger partial charge on any atom is -0.386 e. The average Bonchev–Trinajstić information content (AvgIpc) is 2.64.